The Morgan fingerprint density at radius 3 is 1.70 bits per heavy atom. The molecule has 2 aliphatic rings. The van der Waals surface area contributed by atoms with Gasteiger partial charge in [0.1, 0.15) is 0 Å². The third-order valence-corrected chi connectivity index (χ3v) is 13.9. The van der Waals surface area contributed by atoms with Gasteiger partial charge < -0.3 is 9.80 Å². The van der Waals surface area contributed by atoms with Crippen molar-refractivity contribution < 1.29 is 0 Å². The summed E-state index contributed by atoms with van der Waals surface area (Å²) in [7, 11) is 0. The standard InChI is InChI=1S/C65H52N2/c1-47(49-20-7-3-8-21-49)34-35-48(2)66(58-44-45-61-60-31-17-18-32-62(60)65(63(61)46-58,53-24-9-4-10-25-53)54-26-11-5-12-27-54)56-40-36-50(37-41-56)51-38-42-57(43-39-51)67(55-28-13-6-14-29-55)64-33-19-23-52-22-15-16-30-59(52)64/h3-45,58H,46H2,1-2H3/b47-34+,48-35+. The number of para-hydroxylation sites is 1. The Morgan fingerprint density at radius 2 is 1.03 bits per heavy atom. The molecular formula is C65H52N2. The predicted octanol–water partition coefficient (Wildman–Crippen LogP) is 16.9. The summed E-state index contributed by atoms with van der Waals surface area (Å²) >= 11 is 0. The molecule has 1 unspecified atom stereocenters. The lowest BCUT2D eigenvalue weighted by molar-refractivity contribution is 0.643. The predicted molar refractivity (Wildman–Crippen MR) is 284 cm³/mol. The first-order valence-electron chi connectivity index (χ1n) is 23.4. The van der Waals surface area contributed by atoms with E-state index in [0.717, 1.165) is 29.2 Å². The van der Waals surface area contributed by atoms with Crippen LogP contribution in [0.2, 0.25) is 0 Å². The van der Waals surface area contributed by atoms with Crippen LogP contribution in [-0.4, -0.2) is 6.04 Å². The SMILES string of the molecule is C/C(=C\C=C(/C)N(c1ccc(-c2ccc(N(c3ccccc3)c3cccc4ccccc34)cc2)cc1)C1C=CC2=C(C1)C(c1ccccc1)(c1ccccc1)c1ccccc12)c1ccccc1. The maximum atomic E-state index is 2.55. The van der Waals surface area contributed by atoms with E-state index in [-0.39, 0.29) is 6.04 Å². The van der Waals surface area contributed by atoms with Gasteiger partial charge in [0.15, 0.2) is 0 Å². The lowest BCUT2D eigenvalue weighted by atomic mass is 9.65. The van der Waals surface area contributed by atoms with E-state index in [2.05, 4.69) is 285 Å². The number of nitrogens with zero attached hydrogens (tertiary/aromatic N) is 2. The van der Waals surface area contributed by atoms with Gasteiger partial charge in [-0.3, -0.25) is 0 Å². The van der Waals surface area contributed by atoms with Gasteiger partial charge in [0, 0.05) is 28.1 Å². The van der Waals surface area contributed by atoms with Crippen molar-refractivity contribution in [2.75, 3.05) is 9.80 Å². The highest BCUT2D eigenvalue weighted by atomic mass is 15.2. The molecular weight excluding hydrogens is 809 g/mol. The lowest BCUT2D eigenvalue weighted by Crippen LogP contribution is -2.38. The van der Waals surface area contributed by atoms with Crippen LogP contribution >= 0.6 is 0 Å². The molecule has 0 saturated heterocycles. The minimum absolute atomic E-state index is 0.0599. The molecule has 0 aliphatic heterocycles. The fourth-order valence-electron chi connectivity index (χ4n) is 10.7. The van der Waals surface area contributed by atoms with Crippen molar-refractivity contribution in [2.24, 2.45) is 0 Å². The summed E-state index contributed by atoms with van der Waals surface area (Å²) in [5.41, 5.74) is 18.2. The van der Waals surface area contributed by atoms with Gasteiger partial charge in [-0.15, -0.1) is 0 Å². The zero-order valence-electron chi connectivity index (χ0n) is 38.0. The summed E-state index contributed by atoms with van der Waals surface area (Å²) in [6.45, 7) is 4.46. The van der Waals surface area contributed by atoms with Crippen LogP contribution in [0.25, 0.3) is 33.0 Å². The monoisotopic (exact) mass is 860 g/mol. The third-order valence-electron chi connectivity index (χ3n) is 13.9. The zero-order valence-corrected chi connectivity index (χ0v) is 38.0. The van der Waals surface area contributed by atoms with Crippen LogP contribution in [0.4, 0.5) is 22.7 Å². The molecule has 2 aliphatic carbocycles. The molecule has 322 valence electrons. The molecule has 11 rings (SSSR count). The Kier molecular flexibility index (Phi) is 11.1. The Morgan fingerprint density at radius 1 is 0.493 bits per heavy atom. The van der Waals surface area contributed by atoms with Gasteiger partial charge in [0.2, 0.25) is 0 Å². The van der Waals surface area contributed by atoms with Crippen molar-refractivity contribution >= 4 is 44.7 Å². The zero-order chi connectivity index (χ0) is 45.2. The van der Waals surface area contributed by atoms with Crippen LogP contribution in [0, 0.1) is 0 Å². The van der Waals surface area contributed by atoms with Crippen LogP contribution < -0.4 is 9.80 Å². The average Bonchev–Trinajstić information content (AvgIpc) is 3.70. The van der Waals surface area contributed by atoms with Crippen LogP contribution in [-0.2, 0) is 5.41 Å². The molecule has 0 heterocycles. The highest BCUT2D eigenvalue weighted by Gasteiger charge is 2.48. The molecule has 9 aromatic carbocycles. The van der Waals surface area contributed by atoms with Gasteiger partial charge in [-0.05, 0) is 130 Å². The summed E-state index contributed by atoms with van der Waals surface area (Å²) in [5.74, 6) is 0. The van der Waals surface area contributed by atoms with Crippen LogP contribution in [0.15, 0.2) is 272 Å². The van der Waals surface area contributed by atoms with Crippen molar-refractivity contribution in [1.82, 2.24) is 0 Å². The normalized spacial score (nSPS) is 15.3. The number of anilines is 4. The number of rotatable bonds is 11. The summed E-state index contributed by atoms with van der Waals surface area (Å²) in [4.78, 5) is 4.91. The van der Waals surface area contributed by atoms with E-state index in [1.54, 1.807) is 0 Å². The maximum Gasteiger partial charge on any atom is 0.0677 e. The van der Waals surface area contributed by atoms with Gasteiger partial charge in [-0.2, -0.15) is 0 Å². The minimum Gasteiger partial charge on any atom is -0.338 e. The van der Waals surface area contributed by atoms with E-state index in [0.29, 0.717) is 0 Å². The molecule has 2 nitrogen and oxygen atoms in total. The molecule has 0 radical (unpaired) electrons. The maximum absolute atomic E-state index is 2.55. The number of benzene rings is 9. The van der Waals surface area contributed by atoms with Crippen LogP contribution in [0.5, 0.6) is 0 Å². The average molecular weight is 861 g/mol. The molecule has 0 amide bonds. The Labute approximate surface area is 395 Å². The first-order valence-corrected chi connectivity index (χ1v) is 23.4. The third kappa shape index (κ3) is 7.61. The van der Waals surface area contributed by atoms with Crippen LogP contribution in [0.1, 0.15) is 48.1 Å². The lowest BCUT2D eigenvalue weighted by Gasteiger charge is -2.40. The number of hydrogen-bond acceptors (Lipinski definition) is 2. The fourth-order valence-corrected chi connectivity index (χ4v) is 10.7. The quantitative estimate of drug-likeness (QED) is 0.120. The van der Waals surface area contributed by atoms with Gasteiger partial charge in [0.25, 0.3) is 0 Å². The van der Waals surface area contributed by atoms with Crippen molar-refractivity contribution in [3.8, 4) is 11.1 Å². The van der Waals surface area contributed by atoms with Crippen molar-refractivity contribution in [2.45, 2.75) is 31.7 Å². The van der Waals surface area contributed by atoms with E-state index >= 15 is 0 Å². The molecule has 9 aromatic rings. The Bertz CT molecular complexity index is 3260. The molecule has 0 bridgehead atoms. The summed E-state index contributed by atoms with van der Waals surface area (Å²) in [6.07, 6.45) is 10.3. The van der Waals surface area contributed by atoms with E-state index < -0.39 is 5.41 Å². The summed E-state index contributed by atoms with van der Waals surface area (Å²) < 4.78 is 0. The summed E-state index contributed by atoms with van der Waals surface area (Å²) in [6, 6.07) is 86.2. The number of fused-ring (bicyclic) bond motifs is 3. The smallest absolute Gasteiger partial charge is 0.0677 e. The second-order valence-corrected chi connectivity index (χ2v) is 17.7. The molecule has 1 atom stereocenters. The molecule has 0 aromatic heterocycles. The highest BCUT2D eigenvalue weighted by Crippen LogP contribution is 2.57. The van der Waals surface area contributed by atoms with E-state index in [1.165, 1.54) is 72.1 Å². The summed E-state index contributed by atoms with van der Waals surface area (Å²) in [5, 5.41) is 2.44. The Balaban J connectivity index is 0.972. The van der Waals surface area contributed by atoms with Gasteiger partial charge in [0.05, 0.1) is 17.1 Å². The minimum atomic E-state index is -0.426. The largest absolute Gasteiger partial charge is 0.338 e. The first kappa shape index (κ1) is 41.5. The van der Waals surface area contributed by atoms with Crippen molar-refractivity contribution in [3.05, 3.63) is 300 Å². The highest BCUT2D eigenvalue weighted by molar-refractivity contribution is 5.99. The van der Waals surface area contributed by atoms with E-state index in [9.17, 15) is 0 Å². The van der Waals surface area contributed by atoms with E-state index in [1.807, 2.05) is 0 Å². The molecule has 0 spiro atoms. The first-order chi connectivity index (χ1) is 33.1. The fraction of sp³-hybridized carbons (Fsp3) is 0.0769. The van der Waals surface area contributed by atoms with Crippen molar-refractivity contribution in [1.29, 1.82) is 0 Å². The van der Waals surface area contributed by atoms with Gasteiger partial charge in [-0.25, -0.2) is 0 Å². The topological polar surface area (TPSA) is 6.48 Å². The molecule has 0 N–H and O–H groups in total. The van der Waals surface area contributed by atoms with Crippen LogP contribution in [0.3, 0.4) is 0 Å². The second-order valence-electron chi connectivity index (χ2n) is 17.7. The van der Waals surface area contributed by atoms with Gasteiger partial charge in [-0.1, -0.05) is 212 Å². The second kappa shape index (κ2) is 18.0. The molecule has 2 heteroatoms. The van der Waals surface area contributed by atoms with Gasteiger partial charge >= 0.3 is 0 Å². The Hall–Kier alpha value is -8.20. The number of allylic oxidation sites excluding steroid dienone is 6. The molecule has 67 heavy (non-hydrogen) atoms. The van der Waals surface area contributed by atoms with Crippen molar-refractivity contribution in [3.63, 3.8) is 0 Å². The molecule has 0 fully saturated rings. The molecule has 0 saturated carbocycles. The van der Waals surface area contributed by atoms with E-state index in [4.69, 9.17) is 0 Å². The number of hydrogen-bond donors (Lipinski definition) is 0.